The summed E-state index contributed by atoms with van der Waals surface area (Å²) in [5.41, 5.74) is 4.39. The fraction of sp³-hybridized carbons (Fsp3) is 0.174. The molecule has 3 heteroatoms. The second-order valence-corrected chi connectivity index (χ2v) is 7.43. The molecule has 3 aromatic rings. The highest BCUT2D eigenvalue weighted by Gasteiger charge is 2.16. The molecule has 0 spiro atoms. The van der Waals surface area contributed by atoms with Crippen molar-refractivity contribution in [2.75, 3.05) is 7.05 Å². The summed E-state index contributed by atoms with van der Waals surface area (Å²) < 4.78 is 0. The Hall–Kier alpha value is -2.52. The highest BCUT2D eigenvalue weighted by molar-refractivity contribution is 7.98. The predicted molar refractivity (Wildman–Crippen MR) is 109 cm³/mol. The molecule has 1 amide bonds. The number of thioether (sulfide) groups is 1. The molecule has 0 fully saturated rings. The quantitative estimate of drug-likeness (QED) is 0.536. The van der Waals surface area contributed by atoms with Crippen molar-refractivity contribution < 1.29 is 4.79 Å². The molecule has 132 valence electrons. The van der Waals surface area contributed by atoms with E-state index < -0.39 is 0 Å². The van der Waals surface area contributed by atoms with Gasteiger partial charge in [0.15, 0.2) is 0 Å². The molecular formula is C23H23NOS. The van der Waals surface area contributed by atoms with Gasteiger partial charge in [-0.25, -0.2) is 0 Å². The summed E-state index contributed by atoms with van der Waals surface area (Å²) in [5.74, 6) is 0.911. The van der Waals surface area contributed by atoms with Crippen LogP contribution in [0.25, 0.3) is 0 Å². The molecule has 0 bridgehead atoms. The zero-order valence-electron chi connectivity index (χ0n) is 15.2. The van der Waals surface area contributed by atoms with Crippen LogP contribution in [-0.2, 0) is 12.3 Å². The van der Waals surface area contributed by atoms with E-state index in [0.717, 1.165) is 21.8 Å². The highest BCUT2D eigenvalue weighted by Crippen LogP contribution is 2.27. The van der Waals surface area contributed by atoms with E-state index in [0.29, 0.717) is 6.54 Å². The van der Waals surface area contributed by atoms with Crippen molar-refractivity contribution in [2.45, 2.75) is 24.1 Å². The van der Waals surface area contributed by atoms with Crippen molar-refractivity contribution in [3.8, 4) is 0 Å². The molecule has 0 saturated carbocycles. The van der Waals surface area contributed by atoms with Gasteiger partial charge in [-0.3, -0.25) is 4.79 Å². The average Bonchev–Trinajstić information content (AvgIpc) is 2.68. The largest absolute Gasteiger partial charge is 0.337 e. The van der Waals surface area contributed by atoms with Crippen LogP contribution in [0, 0.1) is 6.92 Å². The number of aryl methyl sites for hydroxylation is 1. The molecule has 0 aromatic heterocycles. The topological polar surface area (TPSA) is 20.3 Å². The van der Waals surface area contributed by atoms with Crippen LogP contribution in [0.15, 0.2) is 83.8 Å². The van der Waals surface area contributed by atoms with Crippen molar-refractivity contribution in [1.82, 2.24) is 4.90 Å². The number of hydrogen-bond acceptors (Lipinski definition) is 2. The summed E-state index contributed by atoms with van der Waals surface area (Å²) in [6.45, 7) is 2.68. The first-order chi connectivity index (χ1) is 12.6. The van der Waals surface area contributed by atoms with Crippen LogP contribution in [0.3, 0.4) is 0 Å². The fourth-order valence-corrected chi connectivity index (χ4v) is 3.75. The first kappa shape index (κ1) is 18.3. The molecule has 0 aliphatic carbocycles. The Morgan fingerprint density at radius 1 is 0.846 bits per heavy atom. The van der Waals surface area contributed by atoms with E-state index in [1.807, 2.05) is 49.5 Å². The van der Waals surface area contributed by atoms with Crippen LogP contribution in [0.2, 0.25) is 0 Å². The molecule has 2 nitrogen and oxygen atoms in total. The van der Waals surface area contributed by atoms with Gasteiger partial charge in [0.1, 0.15) is 0 Å². The second-order valence-electron chi connectivity index (χ2n) is 6.42. The van der Waals surface area contributed by atoms with E-state index in [1.54, 1.807) is 16.7 Å². The Balaban J connectivity index is 1.71. The summed E-state index contributed by atoms with van der Waals surface area (Å²) in [6, 6.07) is 26.5. The lowest BCUT2D eigenvalue weighted by atomic mass is 10.1. The number of amides is 1. The van der Waals surface area contributed by atoms with Gasteiger partial charge < -0.3 is 4.90 Å². The van der Waals surface area contributed by atoms with Gasteiger partial charge in [0.05, 0.1) is 5.56 Å². The van der Waals surface area contributed by atoms with Gasteiger partial charge in [0, 0.05) is 24.2 Å². The number of carbonyl (C=O) groups is 1. The number of hydrogen-bond donors (Lipinski definition) is 0. The summed E-state index contributed by atoms with van der Waals surface area (Å²) in [7, 11) is 1.86. The van der Waals surface area contributed by atoms with Crippen LogP contribution in [0.4, 0.5) is 0 Å². The van der Waals surface area contributed by atoms with Crippen LogP contribution in [0.1, 0.15) is 27.0 Å². The summed E-state index contributed by atoms with van der Waals surface area (Å²) >= 11 is 1.71. The standard InChI is InChI=1S/C23H23NOS/c1-18-12-14-19(15-13-18)16-24(2)23(25)21-10-6-7-11-22(21)26-17-20-8-4-3-5-9-20/h3-15H,16-17H2,1-2H3. The van der Waals surface area contributed by atoms with Gasteiger partial charge in [-0.15, -0.1) is 11.8 Å². The van der Waals surface area contributed by atoms with E-state index in [1.165, 1.54) is 11.1 Å². The Morgan fingerprint density at radius 2 is 1.50 bits per heavy atom. The van der Waals surface area contributed by atoms with Crippen molar-refractivity contribution in [1.29, 1.82) is 0 Å². The minimum atomic E-state index is 0.0572. The monoisotopic (exact) mass is 361 g/mol. The number of benzene rings is 3. The lowest BCUT2D eigenvalue weighted by Crippen LogP contribution is -2.26. The molecule has 0 heterocycles. The third kappa shape index (κ3) is 4.77. The number of carbonyl (C=O) groups excluding carboxylic acids is 1. The minimum absolute atomic E-state index is 0.0572. The SMILES string of the molecule is Cc1ccc(CN(C)C(=O)c2ccccc2SCc2ccccc2)cc1. The number of rotatable bonds is 6. The molecule has 0 atom stereocenters. The van der Waals surface area contributed by atoms with Crippen molar-refractivity contribution >= 4 is 17.7 Å². The minimum Gasteiger partial charge on any atom is -0.337 e. The van der Waals surface area contributed by atoms with Gasteiger partial charge in [-0.2, -0.15) is 0 Å². The van der Waals surface area contributed by atoms with Crippen LogP contribution in [0.5, 0.6) is 0 Å². The summed E-state index contributed by atoms with van der Waals surface area (Å²) in [6.07, 6.45) is 0. The maximum absolute atomic E-state index is 13.0. The van der Waals surface area contributed by atoms with Crippen molar-refractivity contribution in [2.24, 2.45) is 0 Å². The normalized spacial score (nSPS) is 10.5. The molecule has 0 radical (unpaired) electrons. The summed E-state index contributed by atoms with van der Waals surface area (Å²) in [4.78, 5) is 15.8. The maximum Gasteiger partial charge on any atom is 0.255 e. The first-order valence-electron chi connectivity index (χ1n) is 8.70. The average molecular weight is 362 g/mol. The van der Waals surface area contributed by atoms with Gasteiger partial charge in [-0.05, 0) is 30.2 Å². The molecule has 3 rings (SSSR count). The molecule has 0 saturated heterocycles. The van der Waals surface area contributed by atoms with Crippen molar-refractivity contribution in [3.63, 3.8) is 0 Å². The molecule has 0 N–H and O–H groups in total. The Bertz CT molecular complexity index is 859. The maximum atomic E-state index is 13.0. The van der Waals surface area contributed by atoms with E-state index in [4.69, 9.17) is 0 Å². The van der Waals surface area contributed by atoms with E-state index >= 15 is 0 Å². The Labute approximate surface area is 159 Å². The van der Waals surface area contributed by atoms with Crippen LogP contribution >= 0.6 is 11.8 Å². The molecule has 0 unspecified atom stereocenters. The second kappa shape index (κ2) is 8.72. The molecule has 26 heavy (non-hydrogen) atoms. The zero-order chi connectivity index (χ0) is 18.4. The van der Waals surface area contributed by atoms with Gasteiger partial charge in [0.25, 0.3) is 5.91 Å². The van der Waals surface area contributed by atoms with E-state index in [-0.39, 0.29) is 5.91 Å². The third-order valence-electron chi connectivity index (χ3n) is 4.24. The molecule has 0 aliphatic heterocycles. The van der Waals surface area contributed by atoms with Crippen LogP contribution < -0.4 is 0 Å². The Kier molecular flexibility index (Phi) is 6.13. The Morgan fingerprint density at radius 3 is 2.23 bits per heavy atom. The molecule has 3 aromatic carbocycles. The number of nitrogens with zero attached hydrogens (tertiary/aromatic N) is 1. The molecular weight excluding hydrogens is 338 g/mol. The van der Waals surface area contributed by atoms with Gasteiger partial charge >= 0.3 is 0 Å². The lowest BCUT2D eigenvalue weighted by molar-refractivity contribution is 0.0781. The first-order valence-corrected chi connectivity index (χ1v) is 9.69. The third-order valence-corrected chi connectivity index (χ3v) is 5.39. The van der Waals surface area contributed by atoms with Gasteiger partial charge in [0.2, 0.25) is 0 Å². The predicted octanol–water partition coefficient (Wildman–Crippen LogP) is 5.56. The molecule has 0 aliphatic rings. The summed E-state index contributed by atoms with van der Waals surface area (Å²) in [5, 5.41) is 0. The smallest absolute Gasteiger partial charge is 0.255 e. The van der Waals surface area contributed by atoms with Crippen molar-refractivity contribution in [3.05, 3.63) is 101 Å². The fourth-order valence-electron chi connectivity index (χ4n) is 2.75. The lowest BCUT2D eigenvalue weighted by Gasteiger charge is -2.19. The highest BCUT2D eigenvalue weighted by atomic mass is 32.2. The van der Waals surface area contributed by atoms with Gasteiger partial charge in [-0.1, -0.05) is 72.3 Å². The van der Waals surface area contributed by atoms with Crippen LogP contribution in [-0.4, -0.2) is 17.9 Å². The van der Waals surface area contributed by atoms with E-state index in [2.05, 4.69) is 43.3 Å². The zero-order valence-corrected chi connectivity index (χ0v) is 16.0. The van der Waals surface area contributed by atoms with E-state index in [9.17, 15) is 4.79 Å².